The number of halogens is 1. The summed E-state index contributed by atoms with van der Waals surface area (Å²) in [5, 5.41) is 0.721. The average Bonchev–Trinajstić information content (AvgIpc) is 2.81. The molecule has 0 spiro atoms. The molecule has 0 aliphatic rings. The van der Waals surface area contributed by atoms with Crippen LogP contribution in [0, 0.1) is 0 Å². The molecular weight excluding hydrogens is 244 g/mol. The summed E-state index contributed by atoms with van der Waals surface area (Å²) in [6, 6.07) is 14.1. The smallest absolute Gasteiger partial charge is 0.138 e. The fourth-order valence-corrected chi connectivity index (χ4v) is 2.19. The second kappa shape index (κ2) is 4.46. The third-order valence-corrected chi connectivity index (χ3v) is 3.31. The molecule has 3 heteroatoms. The number of fused-ring (bicyclic) bond motifs is 1. The first-order chi connectivity index (χ1) is 8.76. The zero-order valence-electron chi connectivity index (χ0n) is 10.1. The standard InChI is InChI=1S/C15H13ClN2/c1-2-10-3-5-11(6-4-10)15-17-13-8-7-12(16)9-14(13)18-15/h3-9H,2H2,1H3,(H,17,18). The normalized spacial score (nSPS) is 11.0. The molecule has 18 heavy (non-hydrogen) atoms. The first-order valence-electron chi connectivity index (χ1n) is 6.01. The van der Waals surface area contributed by atoms with Gasteiger partial charge in [0.05, 0.1) is 11.0 Å². The first-order valence-corrected chi connectivity index (χ1v) is 6.38. The van der Waals surface area contributed by atoms with E-state index in [0.717, 1.165) is 33.9 Å². The summed E-state index contributed by atoms with van der Waals surface area (Å²) in [4.78, 5) is 7.86. The molecule has 0 bridgehead atoms. The van der Waals surface area contributed by atoms with Gasteiger partial charge in [-0.25, -0.2) is 4.98 Å². The van der Waals surface area contributed by atoms with E-state index < -0.39 is 0 Å². The number of H-pyrrole nitrogens is 1. The van der Waals surface area contributed by atoms with Crippen molar-refractivity contribution < 1.29 is 0 Å². The molecule has 2 nitrogen and oxygen atoms in total. The highest BCUT2D eigenvalue weighted by Gasteiger charge is 2.05. The molecule has 0 saturated carbocycles. The minimum absolute atomic E-state index is 0.721. The second-order valence-corrected chi connectivity index (χ2v) is 4.73. The highest BCUT2D eigenvalue weighted by Crippen LogP contribution is 2.23. The summed E-state index contributed by atoms with van der Waals surface area (Å²) in [5.74, 6) is 0.884. The van der Waals surface area contributed by atoms with E-state index in [1.165, 1.54) is 5.56 Å². The van der Waals surface area contributed by atoms with Crippen LogP contribution in [0.15, 0.2) is 42.5 Å². The fraction of sp³-hybridized carbons (Fsp3) is 0.133. The van der Waals surface area contributed by atoms with E-state index in [0.29, 0.717) is 0 Å². The monoisotopic (exact) mass is 256 g/mol. The van der Waals surface area contributed by atoms with Gasteiger partial charge in [-0.05, 0) is 30.2 Å². The number of benzene rings is 2. The molecule has 1 heterocycles. The van der Waals surface area contributed by atoms with Crippen LogP contribution < -0.4 is 0 Å². The van der Waals surface area contributed by atoms with Gasteiger partial charge in [-0.1, -0.05) is 42.8 Å². The highest BCUT2D eigenvalue weighted by molar-refractivity contribution is 6.31. The molecule has 0 unspecified atom stereocenters. The van der Waals surface area contributed by atoms with Crippen molar-refractivity contribution in [2.24, 2.45) is 0 Å². The quantitative estimate of drug-likeness (QED) is 0.721. The lowest BCUT2D eigenvalue weighted by Crippen LogP contribution is -1.82. The van der Waals surface area contributed by atoms with Gasteiger partial charge in [0.15, 0.2) is 0 Å². The van der Waals surface area contributed by atoms with Crippen LogP contribution in [-0.4, -0.2) is 9.97 Å². The van der Waals surface area contributed by atoms with Crippen molar-refractivity contribution in [3.05, 3.63) is 53.1 Å². The Morgan fingerprint density at radius 2 is 1.89 bits per heavy atom. The Bertz CT molecular complexity index is 683. The molecule has 3 aromatic rings. The van der Waals surface area contributed by atoms with Crippen molar-refractivity contribution in [3.8, 4) is 11.4 Å². The van der Waals surface area contributed by atoms with E-state index in [-0.39, 0.29) is 0 Å². The SMILES string of the molecule is CCc1ccc(-c2nc3ccc(Cl)cc3[nH]2)cc1. The molecule has 3 rings (SSSR count). The average molecular weight is 257 g/mol. The molecule has 0 amide bonds. The van der Waals surface area contributed by atoms with Crippen molar-refractivity contribution in [1.29, 1.82) is 0 Å². The van der Waals surface area contributed by atoms with Gasteiger partial charge in [0.25, 0.3) is 0 Å². The molecule has 0 saturated heterocycles. The van der Waals surface area contributed by atoms with Crippen LogP contribution in [-0.2, 0) is 6.42 Å². The number of imidazole rings is 1. The number of nitrogens with one attached hydrogen (secondary N) is 1. The summed E-state index contributed by atoms with van der Waals surface area (Å²) in [6.07, 6.45) is 1.05. The number of hydrogen-bond donors (Lipinski definition) is 1. The lowest BCUT2D eigenvalue weighted by molar-refractivity contribution is 1.14. The molecule has 90 valence electrons. The van der Waals surface area contributed by atoms with E-state index >= 15 is 0 Å². The van der Waals surface area contributed by atoms with Gasteiger partial charge in [0, 0.05) is 10.6 Å². The Labute approximate surface area is 111 Å². The lowest BCUT2D eigenvalue weighted by atomic mass is 10.1. The molecule has 1 N–H and O–H groups in total. The molecule has 0 aliphatic heterocycles. The maximum Gasteiger partial charge on any atom is 0.138 e. The Hall–Kier alpha value is -1.80. The van der Waals surface area contributed by atoms with Crippen molar-refractivity contribution in [3.63, 3.8) is 0 Å². The molecule has 1 aromatic heterocycles. The lowest BCUT2D eigenvalue weighted by Gasteiger charge is -1.98. The van der Waals surface area contributed by atoms with Gasteiger partial charge >= 0.3 is 0 Å². The van der Waals surface area contributed by atoms with E-state index in [2.05, 4.69) is 41.2 Å². The first kappa shape index (κ1) is 11.3. The fourth-order valence-electron chi connectivity index (χ4n) is 2.02. The topological polar surface area (TPSA) is 28.7 Å². The minimum atomic E-state index is 0.721. The maximum atomic E-state index is 5.97. The predicted molar refractivity (Wildman–Crippen MR) is 75.9 cm³/mol. The van der Waals surface area contributed by atoms with Crippen LogP contribution in [0.2, 0.25) is 5.02 Å². The molecule has 0 radical (unpaired) electrons. The Balaban J connectivity index is 2.07. The van der Waals surface area contributed by atoms with Crippen LogP contribution in [0.1, 0.15) is 12.5 Å². The Kier molecular flexibility index (Phi) is 2.80. The third-order valence-electron chi connectivity index (χ3n) is 3.08. The molecule has 0 atom stereocenters. The van der Waals surface area contributed by atoms with Gasteiger partial charge in [-0.3, -0.25) is 0 Å². The number of aromatic amines is 1. The number of aromatic nitrogens is 2. The van der Waals surface area contributed by atoms with Crippen LogP contribution in [0.4, 0.5) is 0 Å². The number of hydrogen-bond acceptors (Lipinski definition) is 1. The largest absolute Gasteiger partial charge is 0.338 e. The molecule has 0 aliphatic carbocycles. The second-order valence-electron chi connectivity index (χ2n) is 4.30. The minimum Gasteiger partial charge on any atom is -0.338 e. The summed E-state index contributed by atoms with van der Waals surface area (Å²) in [5.41, 5.74) is 4.34. The Morgan fingerprint density at radius 1 is 1.11 bits per heavy atom. The van der Waals surface area contributed by atoms with Gasteiger partial charge in [0.2, 0.25) is 0 Å². The van der Waals surface area contributed by atoms with Crippen LogP contribution in [0.25, 0.3) is 22.4 Å². The van der Waals surface area contributed by atoms with Crippen molar-refractivity contribution in [2.45, 2.75) is 13.3 Å². The number of rotatable bonds is 2. The number of nitrogens with zero attached hydrogens (tertiary/aromatic N) is 1. The summed E-state index contributed by atoms with van der Waals surface area (Å²) >= 11 is 5.97. The predicted octanol–water partition coefficient (Wildman–Crippen LogP) is 4.45. The van der Waals surface area contributed by atoms with Crippen LogP contribution in [0.5, 0.6) is 0 Å². The summed E-state index contributed by atoms with van der Waals surface area (Å²) in [6.45, 7) is 2.15. The zero-order valence-corrected chi connectivity index (χ0v) is 10.8. The summed E-state index contributed by atoms with van der Waals surface area (Å²) < 4.78 is 0. The van der Waals surface area contributed by atoms with Crippen LogP contribution in [0.3, 0.4) is 0 Å². The van der Waals surface area contributed by atoms with Gasteiger partial charge < -0.3 is 4.98 Å². The molecule has 0 fully saturated rings. The van der Waals surface area contributed by atoms with E-state index in [9.17, 15) is 0 Å². The maximum absolute atomic E-state index is 5.97. The molecule has 2 aromatic carbocycles. The van der Waals surface area contributed by atoms with Gasteiger partial charge in [-0.2, -0.15) is 0 Å². The van der Waals surface area contributed by atoms with Gasteiger partial charge in [0.1, 0.15) is 5.82 Å². The summed E-state index contributed by atoms with van der Waals surface area (Å²) in [7, 11) is 0. The van der Waals surface area contributed by atoms with Gasteiger partial charge in [-0.15, -0.1) is 0 Å². The third kappa shape index (κ3) is 2.00. The van der Waals surface area contributed by atoms with E-state index in [1.54, 1.807) is 0 Å². The van der Waals surface area contributed by atoms with Crippen LogP contribution >= 0.6 is 11.6 Å². The Morgan fingerprint density at radius 3 is 2.61 bits per heavy atom. The number of aryl methyl sites for hydroxylation is 1. The van der Waals surface area contributed by atoms with Crippen molar-refractivity contribution >= 4 is 22.6 Å². The zero-order chi connectivity index (χ0) is 12.5. The van der Waals surface area contributed by atoms with E-state index in [4.69, 9.17) is 11.6 Å². The van der Waals surface area contributed by atoms with Crippen molar-refractivity contribution in [2.75, 3.05) is 0 Å². The van der Waals surface area contributed by atoms with E-state index in [1.807, 2.05) is 18.2 Å². The van der Waals surface area contributed by atoms with Crippen molar-refractivity contribution in [1.82, 2.24) is 9.97 Å². The molecular formula is C15H13ClN2. The highest BCUT2D eigenvalue weighted by atomic mass is 35.5.